The fourth-order valence-electron chi connectivity index (χ4n) is 4.81. The summed E-state index contributed by atoms with van der Waals surface area (Å²) in [5.74, 6) is -2.23. The number of carbonyl (C=O) groups excluding carboxylic acids is 1. The monoisotopic (exact) mass is 491 g/mol. The number of anilines is 1. The molecule has 0 bridgehead atoms. The van der Waals surface area contributed by atoms with Gasteiger partial charge in [-0.2, -0.15) is 18.3 Å². The molecule has 2 fully saturated rings. The van der Waals surface area contributed by atoms with Crippen LogP contribution in [0.3, 0.4) is 0 Å². The summed E-state index contributed by atoms with van der Waals surface area (Å²) in [5, 5.41) is 10.7. The molecule has 0 saturated carbocycles. The van der Waals surface area contributed by atoms with Gasteiger partial charge in [0.1, 0.15) is 5.82 Å². The number of ether oxygens (including phenoxy) is 2. The zero-order valence-electron chi connectivity index (χ0n) is 19.2. The molecule has 35 heavy (non-hydrogen) atoms. The van der Waals surface area contributed by atoms with Crippen molar-refractivity contribution in [3.8, 4) is 23.0 Å². The number of fused-ring (bicyclic) bond motifs is 1. The van der Waals surface area contributed by atoms with Gasteiger partial charge in [0, 0.05) is 25.3 Å². The first-order valence-electron chi connectivity index (χ1n) is 11.2. The molecule has 3 aromatic rings. The average molecular weight is 491 g/mol. The second kappa shape index (κ2) is 8.63. The van der Waals surface area contributed by atoms with Gasteiger partial charge in [-0.15, -0.1) is 0 Å². The fraction of sp³-hybridized carbons (Fsp3) is 0.500. The van der Waals surface area contributed by atoms with Crippen molar-refractivity contribution in [1.82, 2.24) is 30.5 Å². The summed E-state index contributed by atoms with van der Waals surface area (Å²) < 4.78 is 48.5. The number of aryl methyl sites for hydroxylation is 1. The minimum Gasteiger partial charge on any atom is -0.491 e. The lowest BCUT2D eigenvalue weighted by Crippen LogP contribution is -2.41. The van der Waals surface area contributed by atoms with Crippen LogP contribution in [0.15, 0.2) is 12.4 Å². The zero-order chi connectivity index (χ0) is 24.8. The maximum atomic E-state index is 12.9. The van der Waals surface area contributed by atoms with E-state index in [-0.39, 0.29) is 11.2 Å². The van der Waals surface area contributed by atoms with Crippen LogP contribution in [-0.4, -0.2) is 70.6 Å². The van der Waals surface area contributed by atoms with E-state index in [0.717, 1.165) is 38.0 Å². The van der Waals surface area contributed by atoms with Crippen molar-refractivity contribution >= 4 is 22.7 Å². The molecule has 0 radical (unpaired) electrons. The van der Waals surface area contributed by atoms with Gasteiger partial charge in [-0.25, -0.2) is 19.7 Å². The van der Waals surface area contributed by atoms with Crippen LogP contribution in [0.4, 0.5) is 19.0 Å². The largest absolute Gasteiger partial charge is 0.491 e. The van der Waals surface area contributed by atoms with E-state index in [1.807, 2.05) is 6.92 Å². The van der Waals surface area contributed by atoms with Crippen molar-refractivity contribution in [2.24, 2.45) is 5.41 Å². The van der Waals surface area contributed by atoms with Crippen LogP contribution in [0.1, 0.15) is 25.0 Å². The molecule has 0 aliphatic carbocycles. The Morgan fingerprint density at radius 1 is 1.17 bits per heavy atom. The molecule has 1 spiro atoms. The molecule has 2 N–H and O–H groups in total. The summed E-state index contributed by atoms with van der Waals surface area (Å²) >= 11 is 0. The summed E-state index contributed by atoms with van der Waals surface area (Å²) in [6.45, 7) is 5.19. The molecule has 5 rings (SSSR count). The number of hydrogen-bond acceptors (Lipinski definition) is 9. The van der Waals surface area contributed by atoms with E-state index < -0.39 is 18.0 Å². The lowest BCUT2D eigenvalue weighted by molar-refractivity contribution is -0.190. The number of nitrogens with one attached hydrogen (secondary N) is 2. The van der Waals surface area contributed by atoms with Gasteiger partial charge in [0.15, 0.2) is 11.6 Å². The number of aromatic amines is 1. The molecular weight excluding hydrogens is 467 g/mol. The van der Waals surface area contributed by atoms with Gasteiger partial charge in [-0.3, -0.25) is 5.10 Å². The van der Waals surface area contributed by atoms with E-state index in [2.05, 4.69) is 35.1 Å². The van der Waals surface area contributed by atoms with E-state index in [0.29, 0.717) is 41.2 Å². The van der Waals surface area contributed by atoms with E-state index in [1.165, 1.54) is 13.3 Å². The van der Waals surface area contributed by atoms with Crippen molar-refractivity contribution in [3.05, 3.63) is 18.1 Å². The molecule has 186 valence electrons. The number of piperidine rings is 1. The molecule has 0 amide bonds. The summed E-state index contributed by atoms with van der Waals surface area (Å²) in [5.41, 5.74) is 2.04. The maximum absolute atomic E-state index is 12.9. The SMILES string of the molecule is COc1c(OC(=O)C(F)(F)F)ncc2nc(-c3cn[nH]c3C)nc(N3CCC4(CCNC4)CC3)c12. The summed E-state index contributed by atoms with van der Waals surface area (Å²) in [6, 6.07) is 0. The maximum Gasteiger partial charge on any atom is 0.491 e. The second-order valence-corrected chi connectivity index (χ2v) is 8.94. The van der Waals surface area contributed by atoms with Crippen molar-refractivity contribution in [3.63, 3.8) is 0 Å². The highest BCUT2D eigenvalue weighted by atomic mass is 19.4. The van der Waals surface area contributed by atoms with E-state index in [9.17, 15) is 18.0 Å². The third-order valence-corrected chi connectivity index (χ3v) is 6.79. The first kappa shape index (κ1) is 23.3. The molecule has 0 unspecified atom stereocenters. The zero-order valence-corrected chi connectivity index (χ0v) is 19.2. The molecule has 2 aliphatic heterocycles. The highest BCUT2D eigenvalue weighted by molar-refractivity contribution is 5.97. The molecule has 0 aromatic carbocycles. The standard InChI is InChI=1S/C22H24F3N7O3/c1-12-13(9-28-31-12)17-29-14-10-27-19(35-20(33)22(23,24)25)16(34-2)15(14)18(30-17)32-7-4-21(5-8-32)3-6-26-11-21/h9-10,26H,3-8,11H2,1-2H3,(H,28,31). The summed E-state index contributed by atoms with van der Waals surface area (Å²) in [7, 11) is 1.27. The molecule has 3 aromatic heterocycles. The number of carbonyl (C=O) groups is 1. The van der Waals surface area contributed by atoms with Crippen LogP contribution in [0.2, 0.25) is 0 Å². The first-order chi connectivity index (χ1) is 16.7. The van der Waals surface area contributed by atoms with Crippen LogP contribution >= 0.6 is 0 Å². The van der Waals surface area contributed by atoms with Crippen molar-refractivity contribution in [1.29, 1.82) is 0 Å². The Hall–Kier alpha value is -3.48. The van der Waals surface area contributed by atoms with Gasteiger partial charge in [0.05, 0.1) is 36.0 Å². The molecule has 0 atom stereocenters. The molecule has 13 heteroatoms. The Labute approximate surface area is 198 Å². The van der Waals surface area contributed by atoms with Crippen molar-refractivity contribution in [2.75, 3.05) is 38.2 Å². The van der Waals surface area contributed by atoms with E-state index in [4.69, 9.17) is 9.72 Å². The summed E-state index contributed by atoms with van der Waals surface area (Å²) in [6.07, 6.45) is 0.673. The van der Waals surface area contributed by atoms with Gasteiger partial charge in [-0.05, 0) is 38.1 Å². The number of methoxy groups -OCH3 is 1. The summed E-state index contributed by atoms with van der Waals surface area (Å²) in [4.78, 5) is 26.9. The number of nitrogens with zero attached hydrogens (tertiary/aromatic N) is 5. The van der Waals surface area contributed by atoms with Crippen LogP contribution in [0, 0.1) is 12.3 Å². The molecule has 5 heterocycles. The van der Waals surface area contributed by atoms with Gasteiger partial charge in [0.25, 0.3) is 5.88 Å². The van der Waals surface area contributed by atoms with Gasteiger partial charge >= 0.3 is 12.1 Å². The van der Waals surface area contributed by atoms with E-state index >= 15 is 0 Å². The van der Waals surface area contributed by atoms with Crippen LogP contribution < -0.4 is 19.7 Å². The third-order valence-electron chi connectivity index (χ3n) is 6.79. The highest BCUT2D eigenvalue weighted by Crippen LogP contribution is 2.43. The normalized spacial score (nSPS) is 17.8. The second-order valence-electron chi connectivity index (χ2n) is 8.94. The molecule has 2 saturated heterocycles. The molecular formula is C22H24F3N7O3. The first-order valence-corrected chi connectivity index (χ1v) is 11.2. The Bertz CT molecular complexity index is 1260. The number of esters is 1. The average Bonchev–Trinajstić information content (AvgIpc) is 3.47. The van der Waals surface area contributed by atoms with E-state index in [1.54, 1.807) is 6.20 Å². The number of H-pyrrole nitrogens is 1. The van der Waals surface area contributed by atoms with Crippen molar-refractivity contribution in [2.45, 2.75) is 32.4 Å². The van der Waals surface area contributed by atoms with Gasteiger partial charge in [-0.1, -0.05) is 0 Å². The number of halogens is 3. The Balaban J connectivity index is 1.63. The predicted molar refractivity (Wildman–Crippen MR) is 119 cm³/mol. The third kappa shape index (κ3) is 4.24. The number of alkyl halides is 3. The van der Waals surface area contributed by atoms with Crippen LogP contribution in [0.25, 0.3) is 22.3 Å². The minimum atomic E-state index is -5.18. The number of aromatic nitrogens is 5. The van der Waals surface area contributed by atoms with Crippen LogP contribution in [0.5, 0.6) is 11.6 Å². The fourth-order valence-corrected chi connectivity index (χ4v) is 4.81. The Kier molecular flexibility index (Phi) is 5.74. The number of rotatable bonds is 4. The predicted octanol–water partition coefficient (Wildman–Crippen LogP) is 2.78. The topological polar surface area (TPSA) is 118 Å². The Morgan fingerprint density at radius 3 is 2.54 bits per heavy atom. The van der Waals surface area contributed by atoms with Gasteiger partial charge < -0.3 is 19.7 Å². The van der Waals surface area contributed by atoms with Gasteiger partial charge in [0.2, 0.25) is 0 Å². The smallest absolute Gasteiger partial charge is 0.491 e. The molecule has 10 nitrogen and oxygen atoms in total. The highest BCUT2D eigenvalue weighted by Gasteiger charge is 2.43. The lowest BCUT2D eigenvalue weighted by atomic mass is 9.78. The number of pyridine rings is 1. The van der Waals surface area contributed by atoms with Crippen LogP contribution in [-0.2, 0) is 4.79 Å². The number of hydrogen-bond donors (Lipinski definition) is 2. The minimum absolute atomic E-state index is 0.131. The van der Waals surface area contributed by atoms with Crippen molar-refractivity contribution < 1.29 is 27.4 Å². The quantitative estimate of drug-likeness (QED) is 0.531. The lowest BCUT2D eigenvalue weighted by Gasteiger charge is -2.39. The Morgan fingerprint density at radius 2 is 1.94 bits per heavy atom. The molecule has 2 aliphatic rings.